The van der Waals surface area contributed by atoms with E-state index < -0.39 is 0 Å². The van der Waals surface area contributed by atoms with Crippen LogP contribution >= 0.6 is 0 Å². The fraction of sp³-hybridized carbons (Fsp3) is 0.571. The molecule has 1 aliphatic heterocycles. The number of nitriles is 1. The fourth-order valence-electron chi connectivity index (χ4n) is 2.58. The molecule has 0 aliphatic carbocycles. The van der Waals surface area contributed by atoms with Gasteiger partial charge in [-0.15, -0.1) is 0 Å². The number of aromatic nitrogens is 1. The molecule has 3 nitrogen and oxygen atoms in total. The van der Waals surface area contributed by atoms with Crippen molar-refractivity contribution in [1.82, 2.24) is 4.98 Å². The number of rotatable bonds is 3. The molecule has 3 heteroatoms. The zero-order valence-electron chi connectivity index (χ0n) is 10.4. The third kappa shape index (κ3) is 2.76. The summed E-state index contributed by atoms with van der Waals surface area (Å²) in [7, 11) is 0. The van der Waals surface area contributed by atoms with E-state index in [0.29, 0.717) is 11.6 Å². The fourth-order valence-corrected chi connectivity index (χ4v) is 2.58. The van der Waals surface area contributed by atoms with E-state index in [-0.39, 0.29) is 0 Å². The average Bonchev–Trinajstić information content (AvgIpc) is 2.40. The SMILES string of the molecule is CCCC1CCCCN1c1cc(C#N)ccn1. The lowest BCUT2D eigenvalue weighted by Gasteiger charge is -2.36. The maximum Gasteiger partial charge on any atom is 0.130 e. The zero-order chi connectivity index (χ0) is 12.1. The van der Waals surface area contributed by atoms with Gasteiger partial charge >= 0.3 is 0 Å². The molecule has 1 aliphatic rings. The summed E-state index contributed by atoms with van der Waals surface area (Å²) in [4.78, 5) is 6.80. The number of nitrogens with zero attached hydrogens (tertiary/aromatic N) is 3. The van der Waals surface area contributed by atoms with Crippen LogP contribution < -0.4 is 4.90 Å². The molecule has 1 atom stereocenters. The Morgan fingerprint density at radius 2 is 2.41 bits per heavy atom. The molecular formula is C14H19N3. The van der Waals surface area contributed by atoms with E-state index in [0.717, 1.165) is 12.4 Å². The van der Waals surface area contributed by atoms with Crippen molar-refractivity contribution >= 4 is 5.82 Å². The van der Waals surface area contributed by atoms with E-state index >= 15 is 0 Å². The molecule has 0 amide bonds. The Morgan fingerprint density at radius 1 is 1.53 bits per heavy atom. The summed E-state index contributed by atoms with van der Waals surface area (Å²) in [5.74, 6) is 0.974. The topological polar surface area (TPSA) is 39.9 Å². The van der Waals surface area contributed by atoms with Gasteiger partial charge in [0.25, 0.3) is 0 Å². The van der Waals surface area contributed by atoms with Crippen molar-refractivity contribution in [1.29, 1.82) is 5.26 Å². The third-order valence-electron chi connectivity index (χ3n) is 3.42. The standard InChI is InChI=1S/C14H19N3/c1-2-5-13-6-3-4-9-17(13)14-10-12(11-15)7-8-16-14/h7-8,10,13H,2-6,9H2,1H3. The Kier molecular flexibility index (Phi) is 3.98. The summed E-state index contributed by atoms with van der Waals surface area (Å²) in [6.45, 7) is 3.30. The van der Waals surface area contributed by atoms with Gasteiger partial charge in [-0.05, 0) is 37.8 Å². The van der Waals surface area contributed by atoms with Crippen molar-refractivity contribution in [2.45, 2.75) is 45.1 Å². The normalized spacial score (nSPS) is 20.0. The first-order chi connectivity index (χ1) is 8.35. The summed E-state index contributed by atoms with van der Waals surface area (Å²) in [6, 6.07) is 6.47. The Bertz CT molecular complexity index is 406. The molecule has 0 N–H and O–H groups in total. The molecule has 0 saturated carbocycles. The minimum absolute atomic E-state index is 0.607. The molecule has 2 rings (SSSR count). The van der Waals surface area contributed by atoms with Crippen molar-refractivity contribution in [3.05, 3.63) is 23.9 Å². The molecule has 0 bridgehead atoms. The van der Waals surface area contributed by atoms with Crippen molar-refractivity contribution in [3.63, 3.8) is 0 Å². The number of pyridine rings is 1. The molecule has 1 unspecified atom stereocenters. The summed E-state index contributed by atoms with van der Waals surface area (Å²) < 4.78 is 0. The molecule has 0 spiro atoms. The summed E-state index contributed by atoms with van der Waals surface area (Å²) in [5.41, 5.74) is 0.704. The van der Waals surface area contributed by atoms with E-state index in [9.17, 15) is 0 Å². The van der Waals surface area contributed by atoms with E-state index in [1.807, 2.05) is 6.07 Å². The van der Waals surface area contributed by atoms with Crippen LogP contribution in [-0.4, -0.2) is 17.6 Å². The first kappa shape index (κ1) is 11.9. The van der Waals surface area contributed by atoms with Crippen molar-refractivity contribution in [3.8, 4) is 6.07 Å². The zero-order valence-corrected chi connectivity index (χ0v) is 10.4. The lowest BCUT2D eigenvalue weighted by atomic mass is 9.98. The van der Waals surface area contributed by atoms with E-state index in [1.165, 1.54) is 32.1 Å². The van der Waals surface area contributed by atoms with Gasteiger partial charge in [0.05, 0.1) is 11.6 Å². The molecule has 90 valence electrons. The minimum atomic E-state index is 0.607. The minimum Gasteiger partial charge on any atom is -0.354 e. The third-order valence-corrected chi connectivity index (χ3v) is 3.42. The molecule has 2 heterocycles. The smallest absolute Gasteiger partial charge is 0.130 e. The largest absolute Gasteiger partial charge is 0.354 e. The van der Waals surface area contributed by atoms with Crippen LogP contribution in [0.2, 0.25) is 0 Å². The van der Waals surface area contributed by atoms with Crippen LogP contribution in [0.15, 0.2) is 18.3 Å². The van der Waals surface area contributed by atoms with E-state index in [4.69, 9.17) is 5.26 Å². The molecule has 17 heavy (non-hydrogen) atoms. The number of piperidine rings is 1. The number of anilines is 1. The van der Waals surface area contributed by atoms with E-state index in [1.54, 1.807) is 12.3 Å². The Morgan fingerprint density at radius 3 is 3.18 bits per heavy atom. The molecule has 0 aromatic carbocycles. The van der Waals surface area contributed by atoms with Gasteiger partial charge in [0.15, 0.2) is 0 Å². The lowest BCUT2D eigenvalue weighted by Crippen LogP contribution is -2.40. The summed E-state index contributed by atoms with van der Waals surface area (Å²) >= 11 is 0. The van der Waals surface area contributed by atoms with Gasteiger partial charge in [0.2, 0.25) is 0 Å². The predicted molar refractivity (Wildman–Crippen MR) is 68.8 cm³/mol. The van der Waals surface area contributed by atoms with Gasteiger partial charge in [0, 0.05) is 18.8 Å². The Hall–Kier alpha value is -1.56. The maximum atomic E-state index is 8.93. The van der Waals surface area contributed by atoms with Crippen LogP contribution in [0.3, 0.4) is 0 Å². The maximum absolute atomic E-state index is 8.93. The Balaban J connectivity index is 2.20. The van der Waals surface area contributed by atoms with Crippen molar-refractivity contribution < 1.29 is 0 Å². The first-order valence-corrected chi connectivity index (χ1v) is 6.48. The summed E-state index contributed by atoms with van der Waals surface area (Å²) in [5, 5.41) is 8.93. The van der Waals surface area contributed by atoms with Gasteiger partial charge in [-0.1, -0.05) is 13.3 Å². The lowest BCUT2D eigenvalue weighted by molar-refractivity contribution is 0.432. The number of hydrogen-bond acceptors (Lipinski definition) is 3. The van der Waals surface area contributed by atoms with Gasteiger partial charge in [-0.25, -0.2) is 4.98 Å². The van der Waals surface area contributed by atoms with Crippen LogP contribution in [-0.2, 0) is 0 Å². The monoisotopic (exact) mass is 229 g/mol. The van der Waals surface area contributed by atoms with Gasteiger partial charge < -0.3 is 4.90 Å². The van der Waals surface area contributed by atoms with Gasteiger partial charge in [0.1, 0.15) is 5.82 Å². The van der Waals surface area contributed by atoms with Crippen molar-refractivity contribution in [2.24, 2.45) is 0 Å². The molecular weight excluding hydrogens is 210 g/mol. The highest BCUT2D eigenvalue weighted by atomic mass is 15.2. The van der Waals surface area contributed by atoms with Gasteiger partial charge in [-0.2, -0.15) is 5.26 Å². The van der Waals surface area contributed by atoms with Crippen LogP contribution in [0, 0.1) is 11.3 Å². The molecule has 1 fully saturated rings. The highest BCUT2D eigenvalue weighted by Crippen LogP contribution is 2.26. The molecule has 0 radical (unpaired) electrons. The molecule has 1 aromatic rings. The van der Waals surface area contributed by atoms with Crippen LogP contribution in [0.5, 0.6) is 0 Å². The second-order valence-electron chi connectivity index (χ2n) is 4.65. The first-order valence-electron chi connectivity index (χ1n) is 6.48. The van der Waals surface area contributed by atoms with Crippen LogP contribution in [0.1, 0.15) is 44.6 Å². The van der Waals surface area contributed by atoms with Gasteiger partial charge in [-0.3, -0.25) is 0 Å². The second kappa shape index (κ2) is 5.67. The highest BCUT2D eigenvalue weighted by molar-refractivity contribution is 5.46. The Labute approximate surface area is 103 Å². The highest BCUT2D eigenvalue weighted by Gasteiger charge is 2.22. The summed E-state index contributed by atoms with van der Waals surface area (Å²) in [6.07, 6.45) is 7.98. The number of hydrogen-bond donors (Lipinski definition) is 0. The quantitative estimate of drug-likeness (QED) is 0.799. The molecule has 1 saturated heterocycles. The van der Waals surface area contributed by atoms with E-state index in [2.05, 4.69) is 22.9 Å². The molecule has 1 aromatic heterocycles. The van der Waals surface area contributed by atoms with Crippen LogP contribution in [0.4, 0.5) is 5.82 Å². The van der Waals surface area contributed by atoms with Crippen molar-refractivity contribution in [2.75, 3.05) is 11.4 Å². The second-order valence-corrected chi connectivity index (χ2v) is 4.65. The van der Waals surface area contributed by atoms with Crippen LogP contribution in [0.25, 0.3) is 0 Å². The predicted octanol–water partition coefficient (Wildman–Crippen LogP) is 3.11. The average molecular weight is 229 g/mol.